The summed E-state index contributed by atoms with van der Waals surface area (Å²) in [4.78, 5) is 10.1. The minimum Gasteiger partial charge on any atom is -0.548 e. The lowest BCUT2D eigenvalue weighted by Gasteiger charge is -2.20. The largest absolute Gasteiger partial charge is 0.548 e. The van der Waals surface area contributed by atoms with E-state index in [1.165, 1.54) is 11.8 Å². The molecule has 0 heterocycles. The van der Waals surface area contributed by atoms with Gasteiger partial charge in [0, 0.05) is 0 Å². The summed E-state index contributed by atoms with van der Waals surface area (Å²) in [5, 5.41) is 10.5. The summed E-state index contributed by atoms with van der Waals surface area (Å²) in [6.45, 7) is 0. The molecule has 1 N–H and O–H groups in total. The van der Waals surface area contributed by atoms with Crippen molar-refractivity contribution in [2.75, 3.05) is 12.0 Å². The number of carbonyl (C=O) groups excluding carboxylic acids is 1. The molecule has 1 aromatic carbocycles. The van der Waals surface area contributed by atoms with Gasteiger partial charge in [-0.15, -0.1) is 0 Å². The molecule has 23 heavy (non-hydrogen) atoms. The zero-order valence-electron chi connectivity index (χ0n) is 11.7. The number of halogens is 4. The van der Waals surface area contributed by atoms with Crippen LogP contribution in [0.5, 0.6) is 0 Å². The first-order valence-electron chi connectivity index (χ1n) is 6.08. The molecule has 11 heteroatoms. The number of sulfonamides is 1. The number of nitrogens with one attached hydrogen (secondary N) is 1. The summed E-state index contributed by atoms with van der Waals surface area (Å²) in [6.07, 6.45) is -3.16. The number of hydrogen-bond donors (Lipinski definition) is 1. The molecule has 1 rings (SSSR count). The molecule has 0 saturated carbocycles. The van der Waals surface area contributed by atoms with E-state index in [1.54, 1.807) is 6.26 Å². The van der Waals surface area contributed by atoms with Crippen molar-refractivity contribution in [1.29, 1.82) is 0 Å². The summed E-state index contributed by atoms with van der Waals surface area (Å²) < 4.78 is 64.1. The van der Waals surface area contributed by atoms with Crippen molar-refractivity contribution < 1.29 is 31.5 Å². The molecule has 0 bridgehead atoms. The molecule has 0 amide bonds. The Morgan fingerprint density at radius 2 is 2.04 bits per heavy atom. The van der Waals surface area contributed by atoms with E-state index in [1.807, 2.05) is 4.72 Å². The highest BCUT2D eigenvalue weighted by molar-refractivity contribution is 7.98. The number of hydrogen-bond acceptors (Lipinski definition) is 5. The highest BCUT2D eigenvalue weighted by Crippen LogP contribution is 2.33. The topological polar surface area (TPSA) is 86.3 Å². The van der Waals surface area contributed by atoms with E-state index in [0.717, 1.165) is 6.07 Å². The van der Waals surface area contributed by atoms with Crippen LogP contribution < -0.4 is 9.83 Å². The second-order valence-corrected chi connectivity index (χ2v) is 7.49. The lowest BCUT2D eigenvalue weighted by molar-refractivity contribution is -0.308. The molecule has 5 nitrogen and oxygen atoms in total. The summed E-state index contributed by atoms with van der Waals surface area (Å²) in [7, 11) is -4.56. The van der Waals surface area contributed by atoms with E-state index in [9.17, 15) is 31.5 Å². The minimum atomic E-state index is -4.76. The van der Waals surface area contributed by atoms with Crippen LogP contribution in [0.2, 0.25) is 5.02 Å². The smallest absolute Gasteiger partial charge is 0.416 e. The Morgan fingerprint density at radius 1 is 1.43 bits per heavy atom. The summed E-state index contributed by atoms with van der Waals surface area (Å²) in [5.41, 5.74) is -1.21. The molecule has 0 radical (unpaired) electrons. The maximum Gasteiger partial charge on any atom is 0.416 e. The van der Waals surface area contributed by atoms with Gasteiger partial charge in [-0.3, -0.25) is 0 Å². The fourth-order valence-corrected chi connectivity index (χ4v) is 3.81. The number of carbonyl (C=O) groups is 1. The first-order chi connectivity index (χ1) is 10.5. The van der Waals surface area contributed by atoms with Gasteiger partial charge in [-0.1, -0.05) is 11.6 Å². The number of thioether (sulfide) groups is 1. The minimum absolute atomic E-state index is 0.0840. The van der Waals surface area contributed by atoms with Gasteiger partial charge in [0.05, 0.1) is 22.6 Å². The van der Waals surface area contributed by atoms with Crippen LogP contribution in [0.3, 0.4) is 0 Å². The van der Waals surface area contributed by atoms with Gasteiger partial charge < -0.3 is 9.90 Å². The Labute approximate surface area is 140 Å². The van der Waals surface area contributed by atoms with Crippen molar-refractivity contribution in [3.05, 3.63) is 28.8 Å². The second-order valence-electron chi connectivity index (χ2n) is 4.42. The Balaban J connectivity index is 3.19. The average Bonchev–Trinajstić information content (AvgIpc) is 2.42. The highest BCUT2D eigenvalue weighted by atomic mass is 35.5. The predicted octanol–water partition coefficient (Wildman–Crippen LogP) is 1.51. The Morgan fingerprint density at radius 3 is 2.52 bits per heavy atom. The van der Waals surface area contributed by atoms with Crippen LogP contribution >= 0.6 is 23.4 Å². The molecule has 0 aromatic heterocycles. The number of alkyl halides is 3. The zero-order chi connectivity index (χ0) is 17.8. The van der Waals surface area contributed by atoms with E-state index in [2.05, 4.69) is 0 Å². The van der Waals surface area contributed by atoms with Crippen LogP contribution in [0.15, 0.2) is 23.1 Å². The third-order valence-electron chi connectivity index (χ3n) is 2.74. The zero-order valence-corrected chi connectivity index (χ0v) is 14.1. The summed E-state index contributed by atoms with van der Waals surface area (Å²) in [5.74, 6) is -1.36. The molecule has 1 aromatic rings. The van der Waals surface area contributed by atoms with Gasteiger partial charge >= 0.3 is 6.18 Å². The van der Waals surface area contributed by atoms with Crippen LogP contribution in [0.25, 0.3) is 0 Å². The van der Waals surface area contributed by atoms with Crippen molar-refractivity contribution in [2.24, 2.45) is 0 Å². The van der Waals surface area contributed by atoms with Gasteiger partial charge in [0.2, 0.25) is 10.0 Å². The van der Waals surface area contributed by atoms with Gasteiger partial charge in [0.25, 0.3) is 0 Å². The van der Waals surface area contributed by atoms with Crippen LogP contribution in [0, 0.1) is 0 Å². The van der Waals surface area contributed by atoms with E-state index in [4.69, 9.17) is 11.6 Å². The molecule has 130 valence electrons. The second kappa shape index (κ2) is 7.73. The van der Waals surface area contributed by atoms with Gasteiger partial charge in [-0.25, -0.2) is 13.1 Å². The maximum atomic E-state index is 12.7. The molecule has 0 aliphatic heterocycles. The van der Waals surface area contributed by atoms with Crippen LogP contribution in [-0.2, 0) is 21.0 Å². The van der Waals surface area contributed by atoms with E-state index >= 15 is 0 Å². The lowest BCUT2D eigenvalue weighted by Crippen LogP contribution is -2.48. The van der Waals surface area contributed by atoms with Crippen molar-refractivity contribution >= 4 is 39.4 Å². The average molecular weight is 391 g/mol. The predicted molar refractivity (Wildman–Crippen MR) is 78.6 cm³/mol. The highest BCUT2D eigenvalue weighted by Gasteiger charge is 2.33. The van der Waals surface area contributed by atoms with Crippen LogP contribution in [0.4, 0.5) is 13.2 Å². The SMILES string of the molecule is CSCC[C@@H](NS(=O)(=O)c1cc(C(F)(F)F)ccc1Cl)C(=O)[O-]. The first-order valence-corrected chi connectivity index (χ1v) is 9.33. The van der Waals surface area contributed by atoms with E-state index < -0.39 is 43.7 Å². The molecule has 0 aliphatic carbocycles. The number of carboxylic acid groups (broad SMARTS) is 1. The molecule has 1 atom stereocenters. The van der Waals surface area contributed by atoms with Crippen molar-refractivity contribution in [2.45, 2.75) is 23.5 Å². The molecule has 0 unspecified atom stereocenters. The summed E-state index contributed by atoms with van der Waals surface area (Å²) >= 11 is 6.92. The standard InChI is InChI=1S/C12H13ClF3NO4S2/c1-22-5-4-9(11(18)19)17-23(20,21)10-6-7(12(14,15)16)2-3-8(10)13/h2-3,6,9,17H,4-5H2,1H3,(H,18,19)/p-1/t9-/m1/s1. The molecule has 0 aliphatic rings. The molecule has 0 spiro atoms. The fraction of sp³-hybridized carbons (Fsp3) is 0.417. The van der Waals surface area contributed by atoms with Crippen molar-refractivity contribution in [1.82, 2.24) is 4.72 Å². The number of aliphatic carboxylic acids is 1. The first kappa shape index (κ1) is 20.1. The van der Waals surface area contributed by atoms with Gasteiger partial charge in [0.15, 0.2) is 0 Å². The molecule has 0 fully saturated rings. The van der Waals surface area contributed by atoms with Gasteiger partial charge in [-0.2, -0.15) is 24.9 Å². The lowest BCUT2D eigenvalue weighted by atomic mass is 10.2. The third kappa shape index (κ3) is 5.55. The van der Waals surface area contributed by atoms with Gasteiger partial charge in [-0.05, 0) is 36.6 Å². The number of carboxylic acids is 1. The van der Waals surface area contributed by atoms with Gasteiger partial charge in [0.1, 0.15) is 4.90 Å². The Hall–Kier alpha value is -0.970. The number of rotatable bonds is 7. The van der Waals surface area contributed by atoms with E-state index in [-0.39, 0.29) is 6.42 Å². The van der Waals surface area contributed by atoms with Crippen LogP contribution in [0.1, 0.15) is 12.0 Å². The fourth-order valence-electron chi connectivity index (χ4n) is 1.60. The Bertz CT molecular complexity index is 679. The Kier molecular flexibility index (Phi) is 6.75. The quantitative estimate of drug-likeness (QED) is 0.762. The molecular weight excluding hydrogens is 379 g/mol. The normalized spacial score (nSPS) is 13.8. The monoisotopic (exact) mass is 390 g/mol. The van der Waals surface area contributed by atoms with E-state index in [0.29, 0.717) is 17.9 Å². The van der Waals surface area contributed by atoms with Crippen LogP contribution in [-0.4, -0.2) is 32.4 Å². The third-order valence-corrected chi connectivity index (χ3v) is 5.34. The molecular formula is C12H12ClF3NO4S2-. The van der Waals surface area contributed by atoms with Crippen molar-refractivity contribution in [3.8, 4) is 0 Å². The number of benzene rings is 1. The van der Waals surface area contributed by atoms with Crippen molar-refractivity contribution in [3.63, 3.8) is 0 Å². The molecule has 0 saturated heterocycles. The maximum absolute atomic E-state index is 12.7. The summed E-state index contributed by atoms with van der Waals surface area (Å²) in [6, 6.07) is 0.198.